The monoisotopic (exact) mass is 405 g/mol. The Balaban J connectivity index is 1.89. The Bertz CT molecular complexity index is 952. The van der Waals surface area contributed by atoms with Crippen LogP contribution in [0.5, 0.6) is 0 Å². The zero-order chi connectivity index (χ0) is 20.3. The zero-order valence-corrected chi connectivity index (χ0v) is 16.8. The molecule has 0 saturated carbocycles. The van der Waals surface area contributed by atoms with Gasteiger partial charge >= 0.3 is 0 Å². The second kappa shape index (κ2) is 8.26. The minimum Gasteiger partial charge on any atom is -0.350 e. The molecule has 0 radical (unpaired) electrons. The van der Waals surface area contributed by atoms with Crippen LogP contribution in [0.15, 0.2) is 47.4 Å². The Morgan fingerprint density at radius 3 is 2.36 bits per heavy atom. The van der Waals surface area contributed by atoms with Gasteiger partial charge in [-0.2, -0.15) is 4.31 Å². The Kier molecular flexibility index (Phi) is 5.97. The summed E-state index contributed by atoms with van der Waals surface area (Å²) in [5, 5.41) is 14.6. The fourth-order valence-electron chi connectivity index (χ4n) is 3.17. The molecular weight excluding hydrogens is 380 g/mol. The maximum Gasteiger partial charge on any atom is 0.294 e. The standard InChI is InChI=1S/C19H24N4O4S/c1-3-15-4-6-16(7-5-15)20-18-9-8-17(14-19(18)23(24)25)28(26,27)22-12-10-21(2)11-13-22/h4-9,14,20H,3,10-13H2,1-2H3/p+1. The van der Waals surface area contributed by atoms with Crippen LogP contribution in [0.1, 0.15) is 12.5 Å². The van der Waals surface area contributed by atoms with E-state index in [1.54, 1.807) is 0 Å². The van der Waals surface area contributed by atoms with E-state index >= 15 is 0 Å². The van der Waals surface area contributed by atoms with Crippen molar-refractivity contribution in [3.05, 3.63) is 58.1 Å². The molecule has 3 rings (SSSR count). The first-order chi connectivity index (χ1) is 13.3. The van der Waals surface area contributed by atoms with Gasteiger partial charge in [0.05, 0.1) is 43.0 Å². The van der Waals surface area contributed by atoms with Gasteiger partial charge in [0.15, 0.2) is 0 Å². The fourth-order valence-corrected chi connectivity index (χ4v) is 4.63. The lowest BCUT2D eigenvalue weighted by Gasteiger charge is -2.29. The summed E-state index contributed by atoms with van der Waals surface area (Å²) in [5.41, 5.74) is 1.87. The lowest BCUT2D eigenvalue weighted by Crippen LogP contribution is -3.12. The SMILES string of the molecule is CCc1ccc(Nc2ccc(S(=O)(=O)N3CC[NH+](C)CC3)cc2[N+](=O)[O-])cc1. The molecule has 150 valence electrons. The van der Waals surface area contributed by atoms with Crippen molar-refractivity contribution in [2.75, 3.05) is 38.5 Å². The van der Waals surface area contributed by atoms with Gasteiger partial charge < -0.3 is 10.2 Å². The first-order valence-corrected chi connectivity index (χ1v) is 10.7. The fraction of sp³-hybridized carbons (Fsp3) is 0.368. The number of piperazine rings is 1. The molecule has 28 heavy (non-hydrogen) atoms. The van der Waals surface area contributed by atoms with Gasteiger partial charge in [-0.25, -0.2) is 8.42 Å². The lowest BCUT2D eigenvalue weighted by atomic mass is 10.1. The topological polar surface area (TPSA) is 97.0 Å². The van der Waals surface area contributed by atoms with Crippen molar-refractivity contribution >= 4 is 27.1 Å². The van der Waals surface area contributed by atoms with Gasteiger partial charge in [-0.05, 0) is 36.2 Å². The molecule has 0 spiro atoms. The summed E-state index contributed by atoms with van der Waals surface area (Å²) < 4.78 is 27.2. The molecule has 1 aliphatic rings. The highest BCUT2D eigenvalue weighted by molar-refractivity contribution is 7.89. The lowest BCUT2D eigenvalue weighted by molar-refractivity contribution is -0.883. The van der Waals surface area contributed by atoms with E-state index in [0.717, 1.165) is 18.1 Å². The Morgan fingerprint density at radius 2 is 1.79 bits per heavy atom. The summed E-state index contributed by atoms with van der Waals surface area (Å²) in [6, 6.07) is 11.6. The van der Waals surface area contributed by atoms with Crippen LogP contribution in [-0.2, 0) is 16.4 Å². The molecule has 1 heterocycles. The van der Waals surface area contributed by atoms with Gasteiger partial charge in [0.25, 0.3) is 5.69 Å². The molecule has 1 fully saturated rings. The predicted molar refractivity (Wildman–Crippen MR) is 108 cm³/mol. The normalized spacial score (nSPS) is 16.1. The first-order valence-electron chi connectivity index (χ1n) is 9.27. The number of benzene rings is 2. The summed E-state index contributed by atoms with van der Waals surface area (Å²) >= 11 is 0. The molecule has 2 aromatic carbocycles. The summed E-state index contributed by atoms with van der Waals surface area (Å²) in [6.45, 7) is 4.30. The number of nitro benzene ring substituents is 1. The van der Waals surface area contributed by atoms with E-state index in [0.29, 0.717) is 31.9 Å². The van der Waals surface area contributed by atoms with E-state index in [1.807, 2.05) is 38.2 Å². The molecule has 0 atom stereocenters. The third-order valence-electron chi connectivity index (χ3n) is 5.02. The highest BCUT2D eigenvalue weighted by Gasteiger charge is 2.31. The molecule has 0 bridgehead atoms. The molecule has 8 nitrogen and oxygen atoms in total. The minimum atomic E-state index is -3.75. The number of sulfonamides is 1. The number of likely N-dealkylation sites (N-methyl/N-ethyl adjacent to an activating group) is 1. The van der Waals surface area contributed by atoms with E-state index in [-0.39, 0.29) is 16.3 Å². The zero-order valence-electron chi connectivity index (χ0n) is 16.0. The molecule has 9 heteroatoms. The highest BCUT2D eigenvalue weighted by atomic mass is 32.2. The Labute approximate surface area is 165 Å². The maximum absolute atomic E-state index is 12.9. The first kappa shape index (κ1) is 20.2. The number of hydrogen-bond acceptors (Lipinski definition) is 5. The number of quaternary nitrogens is 1. The summed E-state index contributed by atoms with van der Waals surface area (Å²) in [4.78, 5) is 12.2. The van der Waals surface area contributed by atoms with Gasteiger partial charge in [-0.1, -0.05) is 19.1 Å². The summed E-state index contributed by atoms with van der Waals surface area (Å²) in [7, 11) is -1.74. The Hall–Kier alpha value is -2.49. The molecule has 0 amide bonds. The van der Waals surface area contributed by atoms with Crippen molar-refractivity contribution in [1.29, 1.82) is 0 Å². The second-order valence-corrected chi connectivity index (χ2v) is 8.91. The van der Waals surface area contributed by atoms with Crippen molar-refractivity contribution in [2.24, 2.45) is 0 Å². The van der Waals surface area contributed by atoms with Crippen LogP contribution in [-0.4, -0.2) is 50.9 Å². The van der Waals surface area contributed by atoms with Gasteiger partial charge in [-0.3, -0.25) is 10.1 Å². The molecule has 1 aliphatic heterocycles. The number of nitrogens with zero attached hydrogens (tertiary/aromatic N) is 2. The summed E-state index contributed by atoms with van der Waals surface area (Å²) in [5.74, 6) is 0. The molecular formula is C19H25N4O4S+. The number of nitrogens with one attached hydrogen (secondary N) is 2. The predicted octanol–water partition coefficient (Wildman–Crippen LogP) is 1.42. The average molecular weight is 406 g/mol. The summed E-state index contributed by atoms with van der Waals surface area (Å²) in [6.07, 6.45) is 0.904. The van der Waals surface area contributed by atoms with Gasteiger partial charge in [-0.15, -0.1) is 0 Å². The highest BCUT2D eigenvalue weighted by Crippen LogP contribution is 2.31. The van der Waals surface area contributed by atoms with Gasteiger partial charge in [0.1, 0.15) is 5.69 Å². The van der Waals surface area contributed by atoms with Crippen LogP contribution in [0.4, 0.5) is 17.1 Å². The van der Waals surface area contributed by atoms with Crippen LogP contribution in [0.25, 0.3) is 0 Å². The van der Waals surface area contributed by atoms with Crippen LogP contribution in [0.2, 0.25) is 0 Å². The molecule has 2 N–H and O–H groups in total. The maximum atomic E-state index is 12.9. The molecule has 1 saturated heterocycles. The van der Waals surface area contributed by atoms with E-state index in [9.17, 15) is 18.5 Å². The van der Waals surface area contributed by atoms with Gasteiger partial charge in [0, 0.05) is 11.8 Å². The number of nitro groups is 1. The van der Waals surface area contributed by atoms with E-state index < -0.39 is 14.9 Å². The van der Waals surface area contributed by atoms with Crippen molar-refractivity contribution in [1.82, 2.24) is 4.31 Å². The van der Waals surface area contributed by atoms with Crippen LogP contribution >= 0.6 is 0 Å². The van der Waals surface area contributed by atoms with Crippen molar-refractivity contribution in [2.45, 2.75) is 18.2 Å². The average Bonchev–Trinajstić information content (AvgIpc) is 2.69. The van der Waals surface area contributed by atoms with Crippen molar-refractivity contribution in [3.8, 4) is 0 Å². The largest absolute Gasteiger partial charge is 0.350 e. The van der Waals surface area contributed by atoms with Gasteiger partial charge in [0.2, 0.25) is 10.0 Å². The third kappa shape index (κ3) is 4.32. The number of hydrogen-bond donors (Lipinski definition) is 2. The Morgan fingerprint density at radius 1 is 1.14 bits per heavy atom. The van der Waals surface area contributed by atoms with Crippen LogP contribution in [0.3, 0.4) is 0 Å². The smallest absolute Gasteiger partial charge is 0.294 e. The minimum absolute atomic E-state index is 0.0503. The van der Waals surface area contributed by atoms with Crippen molar-refractivity contribution < 1.29 is 18.2 Å². The van der Waals surface area contributed by atoms with Crippen LogP contribution in [0, 0.1) is 10.1 Å². The third-order valence-corrected chi connectivity index (χ3v) is 6.92. The van der Waals surface area contributed by atoms with E-state index in [1.165, 1.54) is 21.3 Å². The number of rotatable bonds is 6. The number of aryl methyl sites for hydroxylation is 1. The van der Waals surface area contributed by atoms with Crippen LogP contribution < -0.4 is 10.2 Å². The molecule has 2 aromatic rings. The molecule has 0 aromatic heterocycles. The molecule has 0 unspecified atom stereocenters. The van der Waals surface area contributed by atoms with E-state index in [2.05, 4.69) is 5.32 Å². The molecule has 0 aliphatic carbocycles. The van der Waals surface area contributed by atoms with E-state index in [4.69, 9.17) is 0 Å². The number of anilines is 2. The second-order valence-electron chi connectivity index (χ2n) is 6.97. The van der Waals surface area contributed by atoms with Crippen molar-refractivity contribution in [3.63, 3.8) is 0 Å². The quantitative estimate of drug-likeness (QED) is 0.560.